The molecule has 0 rings (SSSR count). The molecule has 0 unspecified atom stereocenters. The van der Waals surface area contributed by atoms with Crippen LogP contribution in [0.15, 0.2) is 0 Å². The molecule has 0 atom stereocenters. The number of unbranched alkanes of at least 4 members (excludes halogenated alkanes) is 18. The van der Waals surface area contributed by atoms with Gasteiger partial charge in [0, 0.05) is 13.1 Å². The molecule has 0 aromatic carbocycles. The molecule has 0 saturated carbocycles. The van der Waals surface area contributed by atoms with Gasteiger partial charge in [-0.1, -0.05) is 122 Å². The van der Waals surface area contributed by atoms with E-state index in [-0.39, 0.29) is 13.2 Å². The van der Waals surface area contributed by atoms with E-state index in [1.165, 1.54) is 122 Å². The Morgan fingerprint density at radius 2 is 0.679 bits per heavy atom. The molecule has 0 heterocycles. The van der Waals surface area contributed by atoms with Gasteiger partial charge in [-0.15, -0.1) is 0 Å². The van der Waals surface area contributed by atoms with Crippen molar-refractivity contribution in [2.24, 2.45) is 0 Å². The number of aliphatic hydroxyl groups excluding tert-OH is 2. The van der Waals surface area contributed by atoms with Crippen LogP contribution >= 0.6 is 0 Å². The fraction of sp³-hybridized carbons (Fsp3) is 1.00. The molecule has 3 heteroatoms. The Morgan fingerprint density at radius 3 is 0.964 bits per heavy atom. The fourth-order valence-corrected chi connectivity index (χ4v) is 4.03. The van der Waals surface area contributed by atoms with Gasteiger partial charge in [-0.25, -0.2) is 0 Å². The van der Waals surface area contributed by atoms with E-state index in [0.717, 1.165) is 6.54 Å². The zero-order valence-electron chi connectivity index (χ0n) is 19.3. The van der Waals surface area contributed by atoms with Crippen molar-refractivity contribution in [2.75, 3.05) is 32.8 Å². The summed E-state index contributed by atoms with van der Waals surface area (Å²) >= 11 is 0. The topological polar surface area (TPSA) is 43.7 Å². The third-order valence-electron chi connectivity index (χ3n) is 5.91. The van der Waals surface area contributed by atoms with E-state index < -0.39 is 0 Å². The summed E-state index contributed by atoms with van der Waals surface area (Å²) in [6, 6.07) is 0. The van der Waals surface area contributed by atoms with Gasteiger partial charge in [-0.2, -0.15) is 0 Å². The number of hydrogen-bond acceptors (Lipinski definition) is 3. The van der Waals surface area contributed by atoms with E-state index in [0.29, 0.717) is 13.1 Å². The van der Waals surface area contributed by atoms with Crippen molar-refractivity contribution in [2.45, 2.75) is 129 Å². The first-order valence-electron chi connectivity index (χ1n) is 12.8. The van der Waals surface area contributed by atoms with Gasteiger partial charge in [0.25, 0.3) is 0 Å². The second-order valence-corrected chi connectivity index (χ2v) is 8.65. The highest BCUT2D eigenvalue weighted by atomic mass is 16.3. The molecule has 28 heavy (non-hydrogen) atoms. The molecule has 0 aliphatic rings. The van der Waals surface area contributed by atoms with Crippen molar-refractivity contribution in [3.8, 4) is 0 Å². The van der Waals surface area contributed by atoms with Crippen LogP contribution in [0.2, 0.25) is 0 Å². The standard InChI is InChI=1S/C25H53NO2/c1-2-3-4-5-6-7-8-9-10-11-12-13-14-15-16-17-18-19-20-21-26(22-24-27)23-25-28/h27-28H,2-25H2,1H3. The minimum atomic E-state index is 0.194. The number of rotatable bonds is 24. The summed E-state index contributed by atoms with van der Waals surface area (Å²) in [4.78, 5) is 2.16. The van der Waals surface area contributed by atoms with Gasteiger partial charge in [-0.3, -0.25) is 4.90 Å². The molecule has 0 saturated heterocycles. The van der Waals surface area contributed by atoms with Crippen molar-refractivity contribution in [3.63, 3.8) is 0 Å². The minimum Gasteiger partial charge on any atom is -0.395 e. The maximum absolute atomic E-state index is 9.00. The van der Waals surface area contributed by atoms with Crippen LogP contribution in [-0.4, -0.2) is 48.0 Å². The van der Waals surface area contributed by atoms with Crippen molar-refractivity contribution < 1.29 is 10.2 Å². The second kappa shape index (κ2) is 24.9. The molecule has 0 aromatic rings. The average Bonchev–Trinajstić information content (AvgIpc) is 2.70. The molecule has 0 aliphatic heterocycles. The third kappa shape index (κ3) is 22.2. The first-order valence-corrected chi connectivity index (χ1v) is 12.8. The summed E-state index contributed by atoms with van der Waals surface area (Å²) in [7, 11) is 0. The van der Waals surface area contributed by atoms with Crippen molar-refractivity contribution >= 4 is 0 Å². The Morgan fingerprint density at radius 1 is 0.393 bits per heavy atom. The van der Waals surface area contributed by atoms with Gasteiger partial charge >= 0.3 is 0 Å². The first-order chi connectivity index (χ1) is 13.8. The quantitative estimate of drug-likeness (QED) is 0.177. The van der Waals surface area contributed by atoms with Gasteiger partial charge in [0.2, 0.25) is 0 Å². The smallest absolute Gasteiger partial charge is 0.0558 e. The molecule has 170 valence electrons. The SMILES string of the molecule is CCCCCCCCCCCCCCCCCCCCCN(CCO)CCO. The average molecular weight is 400 g/mol. The number of hydrogen-bond donors (Lipinski definition) is 2. The maximum atomic E-state index is 9.00. The van der Waals surface area contributed by atoms with Crippen LogP contribution in [0.1, 0.15) is 129 Å². The molecular weight excluding hydrogens is 346 g/mol. The van der Waals surface area contributed by atoms with Crippen LogP contribution in [0.4, 0.5) is 0 Å². The zero-order valence-corrected chi connectivity index (χ0v) is 19.3. The molecule has 0 aliphatic carbocycles. The number of nitrogens with zero attached hydrogens (tertiary/aromatic N) is 1. The number of aliphatic hydroxyl groups is 2. The van der Waals surface area contributed by atoms with Crippen LogP contribution < -0.4 is 0 Å². The van der Waals surface area contributed by atoms with Crippen molar-refractivity contribution in [3.05, 3.63) is 0 Å². The van der Waals surface area contributed by atoms with E-state index in [1.807, 2.05) is 0 Å². The van der Waals surface area contributed by atoms with E-state index >= 15 is 0 Å². The van der Waals surface area contributed by atoms with E-state index in [4.69, 9.17) is 10.2 Å². The lowest BCUT2D eigenvalue weighted by Crippen LogP contribution is -2.30. The molecule has 0 spiro atoms. The summed E-state index contributed by atoms with van der Waals surface area (Å²) in [6.07, 6.45) is 26.8. The van der Waals surface area contributed by atoms with Crippen LogP contribution in [-0.2, 0) is 0 Å². The van der Waals surface area contributed by atoms with Gasteiger partial charge in [0.05, 0.1) is 13.2 Å². The summed E-state index contributed by atoms with van der Waals surface area (Å²) in [6.45, 7) is 5.08. The van der Waals surface area contributed by atoms with E-state index in [1.54, 1.807) is 0 Å². The predicted octanol–water partition coefficient (Wildman–Crippen LogP) is 6.70. The van der Waals surface area contributed by atoms with Gasteiger partial charge < -0.3 is 10.2 Å². The van der Waals surface area contributed by atoms with Gasteiger partial charge in [0.1, 0.15) is 0 Å². The first kappa shape index (κ1) is 27.9. The lowest BCUT2D eigenvalue weighted by Gasteiger charge is -2.19. The van der Waals surface area contributed by atoms with E-state index in [2.05, 4.69) is 11.8 Å². The fourth-order valence-electron chi connectivity index (χ4n) is 4.03. The van der Waals surface area contributed by atoms with Crippen LogP contribution in [0.5, 0.6) is 0 Å². The van der Waals surface area contributed by atoms with Crippen molar-refractivity contribution in [1.82, 2.24) is 4.90 Å². The largest absolute Gasteiger partial charge is 0.395 e. The summed E-state index contributed by atoms with van der Waals surface area (Å²) < 4.78 is 0. The Kier molecular flexibility index (Phi) is 24.8. The molecule has 3 nitrogen and oxygen atoms in total. The van der Waals surface area contributed by atoms with Gasteiger partial charge in [0.15, 0.2) is 0 Å². The molecular formula is C25H53NO2. The Hall–Kier alpha value is -0.120. The summed E-state index contributed by atoms with van der Waals surface area (Å²) in [5.74, 6) is 0. The maximum Gasteiger partial charge on any atom is 0.0558 e. The molecule has 0 aromatic heterocycles. The minimum absolute atomic E-state index is 0.194. The Balaban J connectivity index is 3.12. The highest BCUT2D eigenvalue weighted by Crippen LogP contribution is 2.14. The lowest BCUT2D eigenvalue weighted by molar-refractivity contribution is 0.159. The normalized spacial score (nSPS) is 11.6. The van der Waals surface area contributed by atoms with Crippen LogP contribution in [0.25, 0.3) is 0 Å². The highest BCUT2D eigenvalue weighted by molar-refractivity contribution is 4.57. The molecule has 2 N–H and O–H groups in total. The molecule has 0 amide bonds. The lowest BCUT2D eigenvalue weighted by atomic mass is 10.0. The zero-order chi connectivity index (χ0) is 20.5. The third-order valence-corrected chi connectivity index (χ3v) is 5.91. The second-order valence-electron chi connectivity index (χ2n) is 8.65. The predicted molar refractivity (Wildman–Crippen MR) is 124 cm³/mol. The summed E-state index contributed by atoms with van der Waals surface area (Å²) in [5, 5.41) is 18.0. The van der Waals surface area contributed by atoms with Crippen LogP contribution in [0, 0.1) is 0 Å². The van der Waals surface area contributed by atoms with E-state index in [9.17, 15) is 0 Å². The molecule has 0 radical (unpaired) electrons. The Labute approximate surface area is 177 Å². The monoisotopic (exact) mass is 399 g/mol. The van der Waals surface area contributed by atoms with Crippen LogP contribution in [0.3, 0.4) is 0 Å². The summed E-state index contributed by atoms with van der Waals surface area (Å²) in [5.41, 5.74) is 0. The molecule has 0 bridgehead atoms. The van der Waals surface area contributed by atoms with Gasteiger partial charge in [-0.05, 0) is 13.0 Å². The molecule has 0 fully saturated rings. The van der Waals surface area contributed by atoms with Crippen molar-refractivity contribution in [1.29, 1.82) is 0 Å². The Bertz CT molecular complexity index is 267. The highest BCUT2D eigenvalue weighted by Gasteiger charge is 2.02.